The van der Waals surface area contributed by atoms with Gasteiger partial charge >= 0.3 is 12.4 Å². The van der Waals surface area contributed by atoms with Gasteiger partial charge in [0.05, 0.1) is 0 Å². The third-order valence-corrected chi connectivity index (χ3v) is 2.51. The molecular formula is C10H11F6NO2. The zero-order valence-corrected chi connectivity index (χ0v) is 10.1. The lowest BCUT2D eigenvalue weighted by Gasteiger charge is -2.42. The summed E-state index contributed by atoms with van der Waals surface area (Å²) in [7, 11) is 0. The number of carbonyl (C=O) groups excluding carboxylic acids is 1. The number of carbonyl (C=O) groups is 1. The molecule has 0 radical (unpaired) electrons. The van der Waals surface area contributed by atoms with Crippen molar-refractivity contribution in [2.24, 2.45) is 0 Å². The number of alkyl halides is 6. The van der Waals surface area contributed by atoms with Gasteiger partial charge in [0.2, 0.25) is 0 Å². The summed E-state index contributed by atoms with van der Waals surface area (Å²) in [5.41, 5.74) is -7.64. The van der Waals surface area contributed by atoms with Crippen LogP contribution in [0, 0.1) is 0 Å². The van der Waals surface area contributed by atoms with E-state index in [-0.39, 0.29) is 4.90 Å². The molecule has 110 valence electrons. The van der Waals surface area contributed by atoms with Crippen LogP contribution in [0.1, 0.15) is 20.8 Å². The Hall–Kier alpha value is -1.25. The Kier molecular flexibility index (Phi) is 3.22. The summed E-state index contributed by atoms with van der Waals surface area (Å²) >= 11 is 0. The van der Waals surface area contributed by atoms with Crippen LogP contribution < -0.4 is 0 Å². The van der Waals surface area contributed by atoms with Crippen molar-refractivity contribution in [3.63, 3.8) is 0 Å². The Morgan fingerprint density at radius 3 is 1.74 bits per heavy atom. The molecule has 0 fully saturated rings. The van der Waals surface area contributed by atoms with E-state index >= 15 is 0 Å². The van der Waals surface area contributed by atoms with Gasteiger partial charge in [0.1, 0.15) is 5.57 Å². The van der Waals surface area contributed by atoms with Gasteiger partial charge in [0, 0.05) is 5.54 Å². The molecule has 1 aliphatic heterocycles. The number of amides is 1. The zero-order valence-electron chi connectivity index (χ0n) is 10.1. The molecule has 1 rings (SSSR count). The molecule has 0 saturated heterocycles. The summed E-state index contributed by atoms with van der Waals surface area (Å²) < 4.78 is 75.9. The van der Waals surface area contributed by atoms with Crippen molar-refractivity contribution in [1.82, 2.24) is 4.90 Å². The predicted octanol–water partition coefficient (Wildman–Crippen LogP) is 2.37. The molecule has 1 unspecified atom stereocenters. The molecule has 3 nitrogen and oxygen atoms in total. The quantitative estimate of drug-likeness (QED) is 0.696. The molecule has 0 saturated carbocycles. The standard InChI is InChI=1S/C10H11F6NO2/c1-7(2,3)17-6(18)5(9(11,12)13)4-8(17,19)10(14,15)16/h4,19H,1-3H3. The van der Waals surface area contributed by atoms with Crippen molar-refractivity contribution in [1.29, 1.82) is 0 Å². The minimum atomic E-state index is -5.44. The lowest BCUT2D eigenvalue weighted by Crippen LogP contribution is -2.62. The van der Waals surface area contributed by atoms with Crippen LogP contribution in [0.2, 0.25) is 0 Å². The fourth-order valence-electron chi connectivity index (χ4n) is 1.83. The molecule has 0 bridgehead atoms. The SMILES string of the molecule is CC(C)(C)N1C(=O)C(C(F)(F)F)=CC1(O)C(F)(F)F. The van der Waals surface area contributed by atoms with E-state index in [1.807, 2.05) is 0 Å². The normalized spacial score (nSPS) is 25.9. The summed E-state index contributed by atoms with van der Waals surface area (Å²) in [5, 5.41) is 9.53. The summed E-state index contributed by atoms with van der Waals surface area (Å²) in [6.07, 6.45) is -11.2. The van der Waals surface area contributed by atoms with Gasteiger partial charge in [-0.1, -0.05) is 0 Å². The minimum absolute atomic E-state index is 0.219. The van der Waals surface area contributed by atoms with Crippen LogP contribution >= 0.6 is 0 Å². The van der Waals surface area contributed by atoms with E-state index in [2.05, 4.69) is 0 Å². The van der Waals surface area contributed by atoms with E-state index in [1.165, 1.54) is 0 Å². The highest BCUT2D eigenvalue weighted by molar-refractivity contribution is 5.98. The van der Waals surface area contributed by atoms with E-state index in [4.69, 9.17) is 0 Å². The van der Waals surface area contributed by atoms with Gasteiger partial charge in [-0.15, -0.1) is 0 Å². The molecule has 0 spiro atoms. The van der Waals surface area contributed by atoms with Crippen LogP contribution in [0.15, 0.2) is 11.6 Å². The van der Waals surface area contributed by atoms with Crippen LogP contribution in [-0.4, -0.2) is 39.5 Å². The van der Waals surface area contributed by atoms with E-state index in [0.29, 0.717) is 0 Å². The summed E-state index contributed by atoms with van der Waals surface area (Å²) in [4.78, 5) is 11.3. The number of halogens is 6. The molecular weight excluding hydrogens is 280 g/mol. The van der Waals surface area contributed by atoms with Crippen LogP contribution in [0.4, 0.5) is 26.3 Å². The third-order valence-electron chi connectivity index (χ3n) is 2.51. The maximum Gasteiger partial charge on any atom is 0.440 e. The van der Waals surface area contributed by atoms with E-state index in [1.54, 1.807) is 0 Å². The highest BCUT2D eigenvalue weighted by Gasteiger charge is 2.67. The number of rotatable bonds is 0. The average Bonchev–Trinajstić information content (AvgIpc) is 2.35. The first kappa shape index (κ1) is 15.8. The third kappa shape index (κ3) is 2.43. The van der Waals surface area contributed by atoms with Crippen molar-refractivity contribution in [3.05, 3.63) is 11.6 Å². The topological polar surface area (TPSA) is 40.5 Å². The number of aliphatic hydroxyl groups is 1. The number of hydrogen-bond acceptors (Lipinski definition) is 2. The molecule has 1 amide bonds. The molecule has 0 aliphatic carbocycles. The smallest absolute Gasteiger partial charge is 0.360 e. The van der Waals surface area contributed by atoms with E-state index in [0.717, 1.165) is 20.8 Å². The van der Waals surface area contributed by atoms with Crippen molar-refractivity contribution < 1.29 is 36.2 Å². The van der Waals surface area contributed by atoms with Crippen LogP contribution in [0.5, 0.6) is 0 Å². The fraction of sp³-hybridized carbons (Fsp3) is 0.700. The number of hydrogen-bond donors (Lipinski definition) is 1. The highest BCUT2D eigenvalue weighted by atomic mass is 19.4. The maximum absolute atomic E-state index is 12.8. The highest BCUT2D eigenvalue weighted by Crippen LogP contribution is 2.46. The van der Waals surface area contributed by atoms with Gasteiger partial charge in [0.25, 0.3) is 11.6 Å². The largest absolute Gasteiger partial charge is 0.440 e. The molecule has 1 N–H and O–H groups in total. The summed E-state index contributed by atoms with van der Waals surface area (Å²) in [6.45, 7) is 3.28. The molecule has 1 aliphatic rings. The van der Waals surface area contributed by atoms with Gasteiger partial charge in [0.15, 0.2) is 0 Å². The first-order chi connectivity index (χ1) is 8.12. The Balaban J connectivity index is 3.49. The molecule has 0 aromatic carbocycles. The fourth-order valence-corrected chi connectivity index (χ4v) is 1.83. The van der Waals surface area contributed by atoms with Crippen molar-refractivity contribution in [3.8, 4) is 0 Å². The van der Waals surface area contributed by atoms with Gasteiger partial charge in [-0.05, 0) is 26.8 Å². The lowest BCUT2D eigenvalue weighted by molar-refractivity contribution is -0.294. The monoisotopic (exact) mass is 291 g/mol. The number of nitrogens with zero attached hydrogens (tertiary/aromatic N) is 1. The second-order valence-corrected chi connectivity index (χ2v) is 5.09. The second-order valence-electron chi connectivity index (χ2n) is 5.09. The molecule has 1 atom stereocenters. The van der Waals surface area contributed by atoms with Crippen LogP contribution in [0.3, 0.4) is 0 Å². The molecule has 9 heteroatoms. The van der Waals surface area contributed by atoms with Gasteiger partial charge in [-0.2, -0.15) is 26.3 Å². The summed E-state index contributed by atoms with van der Waals surface area (Å²) in [5.74, 6) is -1.90. The lowest BCUT2D eigenvalue weighted by atomic mass is 10.0. The average molecular weight is 291 g/mol. The zero-order chi connectivity index (χ0) is 15.4. The molecule has 0 aromatic rings. The Bertz CT molecular complexity index is 431. The predicted molar refractivity (Wildman–Crippen MR) is 51.7 cm³/mol. The van der Waals surface area contributed by atoms with Gasteiger partial charge in [-0.25, -0.2) is 0 Å². The first-order valence-electron chi connectivity index (χ1n) is 5.06. The second kappa shape index (κ2) is 3.87. The van der Waals surface area contributed by atoms with Gasteiger partial charge in [-0.3, -0.25) is 9.69 Å². The van der Waals surface area contributed by atoms with Crippen molar-refractivity contribution in [2.45, 2.75) is 44.4 Å². The molecule has 19 heavy (non-hydrogen) atoms. The van der Waals surface area contributed by atoms with Crippen LogP contribution in [0.25, 0.3) is 0 Å². The van der Waals surface area contributed by atoms with Crippen molar-refractivity contribution >= 4 is 5.91 Å². The first-order valence-corrected chi connectivity index (χ1v) is 5.06. The summed E-state index contributed by atoms with van der Waals surface area (Å²) in [6, 6.07) is 0. The molecule has 0 aromatic heterocycles. The van der Waals surface area contributed by atoms with Gasteiger partial charge < -0.3 is 5.11 Å². The Morgan fingerprint density at radius 2 is 1.53 bits per heavy atom. The van der Waals surface area contributed by atoms with E-state index in [9.17, 15) is 36.2 Å². The maximum atomic E-state index is 12.8. The van der Waals surface area contributed by atoms with Crippen molar-refractivity contribution in [2.75, 3.05) is 0 Å². The minimum Gasteiger partial charge on any atom is -0.360 e. The molecule has 1 heterocycles. The Morgan fingerprint density at radius 1 is 1.11 bits per heavy atom. The Labute approximate surface area is 104 Å². The van der Waals surface area contributed by atoms with Crippen LogP contribution in [-0.2, 0) is 4.79 Å². The van der Waals surface area contributed by atoms with E-state index < -0.39 is 41.2 Å².